The first kappa shape index (κ1) is 20.7. The van der Waals surface area contributed by atoms with Gasteiger partial charge in [-0.05, 0) is 36.2 Å². The molecule has 5 nitrogen and oxygen atoms in total. The highest BCUT2D eigenvalue weighted by atomic mass is 19.1. The third-order valence-corrected chi connectivity index (χ3v) is 4.91. The molecule has 1 amide bonds. The number of H-pyrrole nitrogens is 1. The number of halogens is 1. The number of para-hydroxylation sites is 1. The number of benzene rings is 2. The molecule has 0 aliphatic carbocycles. The summed E-state index contributed by atoms with van der Waals surface area (Å²) in [5.41, 5.74) is 1.34. The quantitative estimate of drug-likeness (QED) is 0.552. The molecule has 0 spiro atoms. The van der Waals surface area contributed by atoms with E-state index in [1.165, 1.54) is 12.1 Å². The summed E-state index contributed by atoms with van der Waals surface area (Å²) in [5.74, 6) is 0.225. The van der Waals surface area contributed by atoms with Crippen LogP contribution in [0, 0.1) is 5.82 Å². The molecule has 0 aliphatic heterocycles. The SMILES string of the molecule is CCCCCN(Cc1ccc(F)cc1)C(=O)CCc1nc2ccccc2c(=O)[nH]1. The number of fused-ring (bicyclic) bond motifs is 1. The molecular weight excluding hydrogens is 369 g/mol. The van der Waals surface area contributed by atoms with E-state index in [4.69, 9.17) is 0 Å². The van der Waals surface area contributed by atoms with Crippen LogP contribution < -0.4 is 5.56 Å². The van der Waals surface area contributed by atoms with Crippen LogP contribution >= 0.6 is 0 Å². The van der Waals surface area contributed by atoms with Gasteiger partial charge in [0.15, 0.2) is 0 Å². The molecule has 0 unspecified atom stereocenters. The molecule has 3 rings (SSSR count). The van der Waals surface area contributed by atoms with E-state index in [1.807, 2.05) is 11.0 Å². The van der Waals surface area contributed by atoms with Gasteiger partial charge in [0.05, 0.1) is 10.9 Å². The Bertz CT molecular complexity index is 1010. The van der Waals surface area contributed by atoms with E-state index in [0.717, 1.165) is 24.8 Å². The van der Waals surface area contributed by atoms with E-state index in [2.05, 4.69) is 16.9 Å². The van der Waals surface area contributed by atoms with Crippen molar-refractivity contribution >= 4 is 16.8 Å². The Hall–Kier alpha value is -3.02. The number of carbonyl (C=O) groups is 1. The van der Waals surface area contributed by atoms with Gasteiger partial charge in [-0.3, -0.25) is 9.59 Å². The van der Waals surface area contributed by atoms with E-state index >= 15 is 0 Å². The number of amides is 1. The molecule has 0 saturated carbocycles. The van der Waals surface area contributed by atoms with Crippen LogP contribution in [0.5, 0.6) is 0 Å². The van der Waals surface area contributed by atoms with Gasteiger partial charge in [0.25, 0.3) is 5.56 Å². The lowest BCUT2D eigenvalue weighted by molar-refractivity contribution is -0.131. The molecule has 3 aromatic rings. The standard InChI is InChI=1S/C23H26FN3O2/c1-2-3-6-15-27(16-17-9-11-18(24)12-10-17)22(28)14-13-21-25-20-8-5-4-7-19(20)23(29)26-21/h4-5,7-12H,2-3,6,13-16H2,1H3,(H,25,26,29). The summed E-state index contributed by atoms with van der Waals surface area (Å²) in [6.45, 7) is 3.23. The van der Waals surface area contributed by atoms with Crippen LogP contribution in [-0.2, 0) is 17.8 Å². The summed E-state index contributed by atoms with van der Waals surface area (Å²) in [6.07, 6.45) is 3.67. The summed E-state index contributed by atoms with van der Waals surface area (Å²) in [4.78, 5) is 34.1. The highest BCUT2D eigenvalue weighted by Crippen LogP contribution is 2.12. The molecule has 1 heterocycles. The van der Waals surface area contributed by atoms with Gasteiger partial charge in [-0.25, -0.2) is 9.37 Å². The van der Waals surface area contributed by atoms with Crippen LogP contribution in [0.2, 0.25) is 0 Å². The zero-order valence-corrected chi connectivity index (χ0v) is 16.7. The second-order valence-electron chi connectivity index (χ2n) is 7.18. The second kappa shape index (κ2) is 9.96. The third-order valence-electron chi connectivity index (χ3n) is 4.91. The van der Waals surface area contributed by atoms with Crippen molar-refractivity contribution in [3.05, 3.63) is 76.1 Å². The van der Waals surface area contributed by atoms with E-state index in [9.17, 15) is 14.0 Å². The highest BCUT2D eigenvalue weighted by molar-refractivity contribution is 5.78. The largest absolute Gasteiger partial charge is 0.338 e. The first-order valence-electron chi connectivity index (χ1n) is 10.1. The van der Waals surface area contributed by atoms with Crippen molar-refractivity contribution < 1.29 is 9.18 Å². The predicted molar refractivity (Wildman–Crippen MR) is 112 cm³/mol. The van der Waals surface area contributed by atoms with Gasteiger partial charge in [-0.1, -0.05) is 44.0 Å². The lowest BCUT2D eigenvalue weighted by Gasteiger charge is -2.23. The molecule has 0 fully saturated rings. The fourth-order valence-electron chi connectivity index (χ4n) is 3.29. The molecule has 0 saturated heterocycles. The summed E-state index contributed by atoms with van der Waals surface area (Å²) in [5, 5.41) is 0.542. The van der Waals surface area contributed by atoms with Crippen molar-refractivity contribution in [1.29, 1.82) is 0 Å². The fourth-order valence-corrected chi connectivity index (χ4v) is 3.29. The lowest BCUT2D eigenvalue weighted by atomic mass is 10.1. The first-order valence-corrected chi connectivity index (χ1v) is 10.1. The van der Waals surface area contributed by atoms with Crippen LogP contribution in [0.4, 0.5) is 4.39 Å². The Morgan fingerprint density at radius 2 is 1.86 bits per heavy atom. The van der Waals surface area contributed by atoms with Gasteiger partial charge in [0, 0.05) is 25.9 Å². The number of aryl methyl sites for hydroxylation is 1. The maximum absolute atomic E-state index is 13.2. The number of aromatic nitrogens is 2. The molecule has 0 atom stereocenters. The van der Waals surface area contributed by atoms with Crippen LogP contribution in [-0.4, -0.2) is 27.3 Å². The summed E-state index contributed by atoms with van der Waals surface area (Å²) in [7, 11) is 0. The maximum atomic E-state index is 13.2. The summed E-state index contributed by atoms with van der Waals surface area (Å²) >= 11 is 0. The van der Waals surface area contributed by atoms with E-state index < -0.39 is 0 Å². The van der Waals surface area contributed by atoms with Crippen molar-refractivity contribution in [2.75, 3.05) is 6.54 Å². The van der Waals surface area contributed by atoms with E-state index in [0.29, 0.717) is 36.2 Å². The van der Waals surface area contributed by atoms with Crippen molar-refractivity contribution in [2.45, 2.75) is 45.6 Å². The van der Waals surface area contributed by atoms with Crippen LogP contribution in [0.3, 0.4) is 0 Å². The number of hydrogen-bond donors (Lipinski definition) is 1. The van der Waals surface area contributed by atoms with Crippen molar-refractivity contribution in [3.63, 3.8) is 0 Å². The van der Waals surface area contributed by atoms with Crippen LogP contribution in [0.25, 0.3) is 10.9 Å². The molecule has 0 bridgehead atoms. The Morgan fingerprint density at radius 1 is 1.10 bits per heavy atom. The Labute approximate surface area is 169 Å². The molecule has 2 aromatic carbocycles. The number of aromatic amines is 1. The number of unbranched alkanes of at least 4 members (excludes halogenated alkanes) is 2. The molecule has 29 heavy (non-hydrogen) atoms. The monoisotopic (exact) mass is 395 g/mol. The Kier molecular flexibility index (Phi) is 7.11. The molecule has 152 valence electrons. The third kappa shape index (κ3) is 5.73. The number of hydrogen-bond acceptors (Lipinski definition) is 3. The van der Waals surface area contributed by atoms with Gasteiger partial charge in [0.2, 0.25) is 5.91 Å². The molecule has 6 heteroatoms. The zero-order chi connectivity index (χ0) is 20.6. The summed E-state index contributed by atoms with van der Waals surface area (Å²) < 4.78 is 13.2. The van der Waals surface area contributed by atoms with Gasteiger partial charge in [-0.15, -0.1) is 0 Å². The van der Waals surface area contributed by atoms with Gasteiger partial charge >= 0.3 is 0 Å². The average Bonchev–Trinajstić information content (AvgIpc) is 2.73. The maximum Gasteiger partial charge on any atom is 0.258 e. The Balaban J connectivity index is 1.68. The summed E-state index contributed by atoms with van der Waals surface area (Å²) in [6, 6.07) is 13.4. The highest BCUT2D eigenvalue weighted by Gasteiger charge is 2.15. The minimum absolute atomic E-state index is 0.00114. The van der Waals surface area contributed by atoms with Gasteiger partial charge in [0.1, 0.15) is 11.6 Å². The van der Waals surface area contributed by atoms with Crippen molar-refractivity contribution in [1.82, 2.24) is 14.9 Å². The molecule has 1 N–H and O–H groups in total. The number of nitrogens with one attached hydrogen (secondary N) is 1. The normalized spacial score (nSPS) is 11.0. The van der Waals surface area contributed by atoms with Crippen LogP contribution in [0.15, 0.2) is 53.3 Å². The van der Waals surface area contributed by atoms with Gasteiger partial charge in [-0.2, -0.15) is 0 Å². The van der Waals surface area contributed by atoms with Gasteiger partial charge < -0.3 is 9.88 Å². The number of nitrogens with zero attached hydrogens (tertiary/aromatic N) is 2. The predicted octanol–water partition coefficient (Wildman–Crippen LogP) is 4.21. The van der Waals surface area contributed by atoms with Crippen LogP contribution in [0.1, 0.15) is 44.0 Å². The minimum Gasteiger partial charge on any atom is -0.338 e. The molecule has 0 aliphatic rings. The lowest BCUT2D eigenvalue weighted by Crippen LogP contribution is -2.32. The van der Waals surface area contributed by atoms with Crippen molar-refractivity contribution in [3.8, 4) is 0 Å². The van der Waals surface area contributed by atoms with E-state index in [-0.39, 0.29) is 23.7 Å². The molecular formula is C23H26FN3O2. The fraction of sp³-hybridized carbons (Fsp3) is 0.348. The average molecular weight is 395 g/mol. The minimum atomic E-state index is -0.288. The first-order chi connectivity index (χ1) is 14.1. The number of carbonyl (C=O) groups excluding carboxylic acids is 1. The topological polar surface area (TPSA) is 66.1 Å². The zero-order valence-electron chi connectivity index (χ0n) is 16.7. The van der Waals surface area contributed by atoms with E-state index in [1.54, 1.807) is 30.3 Å². The Morgan fingerprint density at radius 3 is 2.62 bits per heavy atom. The molecule has 0 radical (unpaired) electrons. The second-order valence-corrected chi connectivity index (χ2v) is 7.18. The van der Waals surface area contributed by atoms with Crippen molar-refractivity contribution in [2.24, 2.45) is 0 Å². The number of rotatable bonds is 9. The smallest absolute Gasteiger partial charge is 0.258 e. The molecule has 1 aromatic heterocycles.